The van der Waals surface area contributed by atoms with Crippen LogP contribution in [0.25, 0.3) is 5.70 Å². The van der Waals surface area contributed by atoms with Gasteiger partial charge in [0.2, 0.25) is 0 Å². The van der Waals surface area contributed by atoms with E-state index >= 15 is 0 Å². The highest BCUT2D eigenvalue weighted by Crippen LogP contribution is 2.18. The summed E-state index contributed by atoms with van der Waals surface area (Å²) >= 11 is 0. The predicted molar refractivity (Wildman–Crippen MR) is 86.9 cm³/mol. The Hall–Kier alpha value is -2.62. The van der Waals surface area contributed by atoms with Gasteiger partial charge in [0.05, 0.1) is 30.1 Å². The minimum absolute atomic E-state index is 0.291. The molecule has 6 heteroatoms. The summed E-state index contributed by atoms with van der Waals surface area (Å²) in [6, 6.07) is 12.1. The number of nitrogens with two attached hydrogens (primary N) is 1. The van der Waals surface area contributed by atoms with E-state index in [1.807, 2.05) is 36.5 Å². The SMILES string of the molecule is COC(C/C(C#N)=C(/N)c1cnn(Cc2ccccc2)c1)OC. The standard InChI is InChI=1S/C17H20N4O2/c1-22-16(23-2)8-14(9-18)17(19)15-10-20-21(12-15)11-13-6-4-3-5-7-13/h3-7,10,12,16H,8,11,19H2,1-2H3/b17-14-. The Morgan fingerprint density at radius 2 is 2.00 bits per heavy atom. The summed E-state index contributed by atoms with van der Waals surface area (Å²) < 4.78 is 12.0. The van der Waals surface area contributed by atoms with Gasteiger partial charge in [-0.25, -0.2) is 0 Å². The van der Waals surface area contributed by atoms with Crippen molar-refractivity contribution in [1.29, 1.82) is 5.26 Å². The van der Waals surface area contributed by atoms with Gasteiger partial charge in [-0.2, -0.15) is 10.4 Å². The van der Waals surface area contributed by atoms with Crippen molar-refractivity contribution in [3.63, 3.8) is 0 Å². The maximum absolute atomic E-state index is 9.31. The minimum Gasteiger partial charge on any atom is -0.397 e. The number of nitrogens with zero attached hydrogens (tertiary/aromatic N) is 3. The minimum atomic E-state index is -0.498. The van der Waals surface area contributed by atoms with E-state index in [2.05, 4.69) is 11.2 Å². The van der Waals surface area contributed by atoms with E-state index in [4.69, 9.17) is 15.2 Å². The summed E-state index contributed by atoms with van der Waals surface area (Å²) in [6.45, 7) is 0.648. The molecule has 1 heterocycles. The van der Waals surface area contributed by atoms with Gasteiger partial charge in [-0.3, -0.25) is 4.68 Å². The molecule has 0 radical (unpaired) electrons. The molecule has 6 nitrogen and oxygen atoms in total. The van der Waals surface area contributed by atoms with Crippen molar-refractivity contribution in [1.82, 2.24) is 9.78 Å². The Labute approximate surface area is 135 Å². The summed E-state index contributed by atoms with van der Waals surface area (Å²) in [5.74, 6) is 0. The molecule has 2 rings (SSSR count). The zero-order valence-corrected chi connectivity index (χ0v) is 13.3. The Bertz CT molecular complexity index is 697. The van der Waals surface area contributed by atoms with Crippen LogP contribution >= 0.6 is 0 Å². The molecule has 1 aromatic carbocycles. The molecule has 0 unspecified atom stereocenters. The molecule has 0 atom stereocenters. The summed E-state index contributed by atoms with van der Waals surface area (Å²) in [5.41, 5.74) is 8.77. The molecule has 0 spiro atoms. The Morgan fingerprint density at radius 3 is 2.61 bits per heavy atom. The normalized spacial score (nSPS) is 12.1. The van der Waals surface area contributed by atoms with E-state index in [9.17, 15) is 5.26 Å². The highest BCUT2D eigenvalue weighted by atomic mass is 16.7. The molecule has 0 aliphatic carbocycles. The highest BCUT2D eigenvalue weighted by Gasteiger charge is 2.14. The molecule has 0 fully saturated rings. The van der Waals surface area contributed by atoms with Crippen LogP contribution in [0.5, 0.6) is 0 Å². The van der Waals surface area contributed by atoms with Gasteiger partial charge in [-0.15, -0.1) is 0 Å². The average molecular weight is 312 g/mol. The van der Waals surface area contributed by atoms with Crippen molar-refractivity contribution in [2.75, 3.05) is 14.2 Å². The maximum Gasteiger partial charge on any atom is 0.161 e. The Balaban J connectivity index is 2.17. The molecule has 0 bridgehead atoms. The Morgan fingerprint density at radius 1 is 1.30 bits per heavy atom. The van der Waals surface area contributed by atoms with Crippen molar-refractivity contribution in [3.05, 3.63) is 59.4 Å². The van der Waals surface area contributed by atoms with Gasteiger partial charge < -0.3 is 15.2 Å². The lowest BCUT2D eigenvalue weighted by Gasteiger charge is -2.13. The van der Waals surface area contributed by atoms with E-state index in [0.29, 0.717) is 29.8 Å². The van der Waals surface area contributed by atoms with E-state index in [1.165, 1.54) is 14.2 Å². The topological polar surface area (TPSA) is 86.1 Å². The second-order valence-corrected chi connectivity index (χ2v) is 5.02. The third-order valence-electron chi connectivity index (χ3n) is 3.49. The van der Waals surface area contributed by atoms with Gasteiger partial charge in [-0.1, -0.05) is 30.3 Å². The lowest BCUT2D eigenvalue weighted by molar-refractivity contribution is -0.0995. The summed E-state index contributed by atoms with van der Waals surface area (Å²) in [4.78, 5) is 0. The van der Waals surface area contributed by atoms with Crippen LogP contribution in [-0.2, 0) is 16.0 Å². The van der Waals surface area contributed by atoms with Gasteiger partial charge in [0.15, 0.2) is 6.29 Å². The smallest absolute Gasteiger partial charge is 0.161 e. The van der Waals surface area contributed by atoms with Crippen molar-refractivity contribution < 1.29 is 9.47 Å². The first-order valence-corrected chi connectivity index (χ1v) is 7.19. The molecular formula is C17H20N4O2. The van der Waals surface area contributed by atoms with E-state index in [-0.39, 0.29) is 0 Å². The lowest BCUT2D eigenvalue weighted by Crippen LogP contribution is -2.15. The lowest BCUT2D eigenvalue weighted by atomic mass is 10.1. The molecular weight excluding hydrogens is 292 g/mol. The van der Waals surface area contributed by atoms with Crippen LogP contribution in [0.2, 0.25) is 0 Å². The molecule has 2 N–H and O–H groups in total. The summed E-state index contributed by atoms with van der Waals surface area (Å²) in [7, 11) is 3.05. The second-order valence-electron chi connectivity index (χ2n) is 5.02. The molecule has 1 aromatic heterocycles. The molecule has 2 aromatic rings. The van der Waals surface area contributed by atoms with Crippen LogP contribution < -0.4 is 5.73 Å². The van der Waals surface area contributed by atoms with Gasteiger partial charge in [0.1, 0.15) is 0 Å². The molecule has 0 amide bonds. The molecule has 0 aliphatic heterocycles. The van der Waals surface area contributed by atoms with Gasteiger partial charge in [0.25, 0.3) is 0 Å². The number of hydrogen-bond acceptors (Lipinski definition) is 5. The molecule has 120 valence electrons. The van der Waals surface area contributed by atoms with Crippen molar-refractivity contribution in [3.8, 4) is 6.07 Å². The second kappa shape index (κ2) is 8.13. The van der Waals surface area contributed by atoms with E-state index in [1.54, 1.807) is 10.9 Å². The van der Waals surface area contributed by atoms with Gasteiger partial charge in [0, 0.05) is 32.4 Å². The van der Waals surface area contributed by atoms with Gasteiger partial charge >= 0.3 is 0 Å². The van der Waals surface area contributed by atoms with Gasteiger partial charge in [-0.05, 0) is 5.56 Å². The third kappa shape index (κ3) is 4.42. The van der Waals surface area contributed by atoms with E-state index < -0.39 is 6.29 Å². The van der Waals surface area contributed by atoms with Crippen LogP contribution in [0.3, 0.4) is 0 Å². The number of rotatable bonds is 7. The van der Waals surface area contributed by atoms with Crippen LogP contribution in [0.1, 0.15) is 17.5 Å². The summed E-state index contributed by atoms with van der Waals surface area (Å²) in [6.07, 6.45) is 3.28. The molecule has 0 aliphatic rings. The first-order valence-electron chi connectivity index (χ1n) is 7.19. The fourth-order valence-corrected chi connectivity index (χ4v) is 2.18. The van der Waals surface area contributed by atoms with Crippen LogP contribution in [0, 0.1) is 11.3 Å². The number of ether oxygens (including phenoxy) is 2. The average Bonchev–Trinajstić information content (AvgIpc) is 3.05. The first kappa shape index (κ1) is 16.7. The molecule has 0 saturated carbocycles. The zero-order valence-electron chi connectivity index (χ0n) is 13.3. The third-order valence-corrected chi connectivity index (χ3v) is 3.49. The van der Waals surface area contributed by atoms with Crippen LogP contribution in [0.4, 0.5) is 0 Å². The summed E-state index contributed by atoms with van der Waals surface area (Å²) in [5, 5.41) is 13.6. The first-order chi connectivity index (χ1) is 11.2. The zero-order chi connectivity index (χ0) is 16.7. The largest absolute Gasteiger partial charge is 0.397 e. The number of nitriles is 1. The monoisotopic (exact) mass is 312 g/mol. The number of methoxy groups -OCH3 is 2. The van der Waals surface area contributed by atoms with E-state index in [0.717, 1.165) is 5.56 Å². The molecule has 0 saturated heterocycles. The van der Waals surface area contributed by atoms with Crippen LogP contribution in [0.15, 0.2) is 48.3 Å². The van der Waals surface area contributed by atoms with Crippen molar-refractivity contribution in [2.45, 2.75) is 19.3 Å². The van der Waals surface area contributed by atoms with Crippen LogP contribution in [-0.4, -0.2) is 30.3 Å². The number of hydrogen-bond donors (Lipinski definition) is 1. The highest BCUT2D eigenvalue weighted by molar-refractivity contribution is 5.68. The Kier molecular flexibility index (Phi) is 5.92. The molecule has 23 heavy (non-hydrogen) atoms. The van der Waals surface area contributed by atoms with Crippen molar-refractivity contribution >= 4 is 5.70 Å². The predicted octanol–water partition coefficient (Wildman–Crippen LogP) is 2.13. The maximum atomic E-state index is 9.31. The number of aromatic nitrogens is 2. The number of benzene rings is 1. The fourth-order valence-electron chi connectivity index (χ4n) is 2.18. The fraction of sp³-hybridized carbons (Fsp3) is 0.294. The van der Waals surface area contributed by atoms with Crippen molar-refractivity contribution in [2.24, 2.45) is 5.73 Å². The quantitative estimate of drug-likeness (QED) is 0.625.